The highest BCUT2D eigenvalue weighted by Crippen LogP contribution is 2.19. The Morgan fingerprint density at radius 2 is 2.47 bits per heavy atom. The van der Waals surface area contributed by atoms with Crippen LogP contribution in [0.25, 0.3) is 0 Å². The van der Waals surface area contributed by atoms with Crippen molar-refractivity contribution in [1.29, 1.82) is 0 Å². The van der Waals surface area contributed by atoms with Crippen molar-refractivity contribution in [3.8, 4) is 0 Å². The maximum atomic E-state index is 11.3. The van der Waals surface area contributed by atoms with Crippen LogP contribution in [0.15, 0.2) is 12.5 Å². The van der Waals surface area contributed by atoms with Crippen LogP contribution in [-0.4, -0.2) is 38.4 Å². The summed E-state index contributed by atoms with van der Waals surface area (Å²) in [5.41, 5.74) is 1.27. The monoisotopic (exact) mass is 227 g/mol. The van der Waals surface area contributed by atoms with E-state index < -0.39 is 10.8 Å². The molecule has 0 spiro atoms. The lowest BCUT2D eigenvalue weighted by Crippen LogP contribution is -2.41. The first kappa shape index (κ1) is 10.8. The lowest BCUT2D eigenvalue weighted by atomic mass is 10.00. The molecule has 0 aliphatic carbocycles. The fourth-order valence-corrected chi connectivity index (χ4v) is 2.07. The zero-order valence-electron chi connectivity index (χ0n) is 9.14. The number of hydrogen-bond acceptors (Lipinski definition) is 3. The average molecular weight is 227 g/mol. The largest absolute Gasteiger partial charge is 0.333 e. The molecule has 2 heterocycles. The summed E-state index contributed by atoms with van der Waals surface area (Å²) < 4.78 is 13.4. The van der Waals surface area contributed by atoms with Gasteiger partial charge in [-0.05, 0) is 6.92 Å². The molecular weight excluding hydrogens is 210 g/mol. The van der Waals surface area contributed by atoms with Gasteiger partial charge in [-0.25, -0.2) is 4.98 Å². The second kappa shape index (κ2) is 4.45. The quantitative estimate of drug-likeness (QED) is 0.806. The third-order valence-electron chi connectivity index (χ3n) is 2.96. The SMILES string of the molecule is CC(Cn1cncc1C1CNC1)S(C)=O. The van der Waals surface area contributed by atoms with Crippen LogP contribution < -0.4 is 5.32 Å². The van der Waals surface area contributed by atoms with Gasteiger partial charge in [-0.3, -0.25) is 4.21 Å². The lowest BCUT2D eigenvalue weighted by molar-refractivity contribution is 0.423. The van der Waals surface area contributed by atoms with Gasteiger partial charge >= 0.3 is 0 Å². The van der Waals surface area contributed by atoms with Crippen molar-refractivity contribution in [2.75, 3.05) is 19.3 Å². The average Bonchev–Trinajstić information content (AvgIpc) is 2.50. The maximum absolute atomic E-state index is 11.3. The van der Waals surface area contributed by atoms with Crippen LogP contribution >= 0.6 is 0 Å². The van der Waals surface area contributed by atoms with Gasteiger partial charge in [0.05, 0.1) is 6.33 Å². The number of nitrogens with one attached hydrogen (secondary N) is 1. The second-order valence-corrected chi connectivity index (χ2v) is 5.94. The van der Waals surface area contributed by atoms with Crippen molar-refractivity contribution >= 4 is 10.8 Å². The number of rotatable bonds is 4. The van der Waals surface area contributed by atoms with E-state index in [1.54, 1.807) is 6.26 Å². The zero-order chi connectivity index (χ0) is 10.8. The molecule has 0 radical (unpaired) electrons. The molecule has 1 aromatic heterocycles. The van der Waals surface area contributed by atoms with Crippen molar-refractivity contribution in [1.82, 2.24) is 14.9 Å². The Bertz CT molecular complexity index is 359. The van der Waals surface area contributed by atoms with E-state index in [9.17, 15) is 4.21 Å². The van der Waals surface area contributed by atoms with Crippen LogP contribution in [0, 0.1) is 0 Å². The van der Waals surface area contributed by atoms with Gasteiger partial charge in [-0.15, -0.1) is 0 Å². The van der Waals surface area contributed by atoms with Gasteiger partial charge in [-0.1, -0.05) is 0 Å². The molecule has 2 atom stereocenters. The second-order valence-electron chi connectivity index (χ2n) is 4.14. The fourth-order valence-electron chi connectivity index (χ4n) is 1.70. The zero-order valence-corrected chi connectivity index (χ0v) is 9.96. The van der Waals surface area contributed by atoms with Crippen LogP contribution in [0.4, 0.5) is 0 Å². The molecular formula is C10H17N3OS. The van der Waals surface area contributed by atoms with Crippen molar-refractivity contribution in [3.05, 3.63) is 18.2 Å². The Labute approximate surface area is 92.5 Å². The van der Waals surface area contributed by atoms with Gasteiger partial charge in [0.15, 0.2) is 0 Å². The van der Waals surface area contributed by atoms with Gasteiger partial charge in [0.2, 0.25) is 0 Å². The Balaban J connectivity index is 2.07. The molecule has 1 N–H and O–H groups in total. The van der Waals surface area contributed by atoms with E-state index in [-0.39, 0.29) is 5.25 Å². The summed E-state index contributed by atoms with van der Waals surface area (Å²) in [6.07, 6.45) is 5.53. The molecule has 2 rings (SSSR count). The first-order valence-corrected chi connectivity index (χ1v) is 6.83. The number of hydrogen-bond donors (Lipinski definition) is 1. The minimum absolute atomic E-state index is 0.186. The van der Waals surface area contributed by atoms with E-state index in [0.717, 1.165) is 19.6 Å². The van der Waals surface area contributed by atoms with Gasteiger partial charge in [0.1, 0.15) is 0 Å². The minimum atomic E-state index is -0.765. The van der Waals surface area contributed by atoms with Crippen LogP contribution in [-0.2, 0) is 17.3 Å². The van der Waals surface area contributed by atoms with E-state index in [1.807, 2.05) is 19.4 Å². The van der Waals surface area contributed by atoms with E-state index in [1.165, 1.54) is 5.69 Å². The summed E-state index contributed by atoms with van der Waals surface area (Å²) in [5, 5.41) is 3.44. The molecule has 1 aliphatic heterocycles. The van der Waals surface area contributed by atoms with Crippen LogP contribution in [0.1, 0.15) is 18.5 Å². The van der Waals surface area contributed by atoms with Crippen LogP contribution in [0.2, 0.25) is 0 Å². The normalized spacial score (nSPS) is 20.9. The minimum Gasteiger partial charge on any atom is -0.333 e. The summed E-state index contributed by atoms with van der Waals surface area (Å²) >= 11 is 0. The first-order valence-electron chi connectivity index (χ1n) is 5.21. The molecule has 1 aliphatic rings. The molecule has 5 heteroatoms. The Morgan fingerprint density at radius 3 is 3.00 bits per heavy atom. The van der Waals surface area contributed by atoms with E-state index in [0.29, 0.717) is 5.92 Å². The third kappa shape index (κ3) is 2.29. The Morgan fingerprint density at radius 1 is 1.73 bits per heavy atom. The Hall–Kier alpha value is -0.680. The Kier molecular flexibility index (Phi) is 3.21. The summed E-state index contributed by atoms with van der Waals surface area (Å²) in [6.45, 7) is 4.89. The molecule has 84 valence electrons. The molecule has 0 amide bonds. The van der Waals surface area contributed by atoms with Gasteiger partial charge in [-0.2, -0.15) is 0 Å². The predicted molar refractivity (Wildman–Crippen MR) is 61.4 cm³/mol. The molecule has 1 aromatic rings. The maximum Gasteiger partial charge on any atom is 0.0948 e. The summed E-state index contributed by atoms with van der Waals surface area (Å²) in [6, 6.07) is 0. The number of nitrogens with zero attached hydrogens (tertiary/aromatic N) is 2. The highest BCUT2D eigenvalue weighted by Gasteiger charge is 2.23. The lowest BCUT2D eigenvalue weighted by Gasteiger charge is -2.28. The topological polar surface area (TPSA) is 46.9 Å². The van der Waals surface area contributed by atoms with Gasteiger partial charge in [0.25, 0.3) is 0 Å². The van der Waals surface area contributed by atoms with Crippen LogP contribution in [0.5, 0.6) is 0 Å². The van der Waals surface area contributed by atoms with Crippen molar-refractivity contribution in [3.63, 3.8) is 0 Å². The summed E-state index contributed by atoms with van der Waals surface area (Å²) in [7, 11) is -0.765. The standard InChI is InChI=1S/C10H17N3OS/c1-8(15(2)14)6-13-7-12-5-10(13)9-3-11-4-9/h5,7-9,11H,3-4,6H2,1-2H3. The molecule has 1 saturated heterocycles. The van der Waals surface area contributed by atoms with E-state index >= 15 is 0 Å². The van der Waals surface area contributed by atoms with Crippen molar-refractivity contribution < 1.29 is 4.21 Å². The van der Waals surface area contributed by atoms with E-state index in [2.05, 4.69) is 14.9 Å². The molecule has 15 heavy (non-hydrogen) atoms. The van der Waals surface area contributed by atoms with E-state index in [4.69, 9.17) is 0 Å². The summed E-state index contributed by atoms with van der Waals surface area (Å²) in [5.74, 6) is 0.588. The molecule has 1 fully saturated rings. The van der Waals surface area contributed by atoms with Crippen LogP contribution in [0.3, 0.4) is 0 Å². The third-order valence-corrected chi connectivity index (χ3v) is 4.25. The number of aromatic nitrogens is 2. The molecule has 2 unspecified atom stereocenters. The highest BCUT2D eigenvalue weighted by molar-refractivity contribution is 7.84. The number of imidazole rings is 1. The van der Waals surface area contributed by atoms with Gasteiger partial charge in [0, 0.05) is 59.7 Å². The molecule has 0 saturated carbocycles. The predicted octanol–water partition coefficient (Wildman–Crippen LogP) is 0.337. The summed E-state index contributed by atoms with van der Waals surface area (Å²) in [4.78, 5) is 4.17. The van der Waals surface area contributed by atoms with Gasteiger partial charge < -0.3 is 9.88 Å². The molecule has 4 nitrogen and oxygen atoms in total. The van der Waals surface area contributed by atoms with Crippen molar-refractivity contribution in [2.45, 2.75) is 24.6 Å². The highest BCUT2D eigenvalue weighted by atomic mass is 32.2. The molecule has 0 aromatic carbocycles. The molecule has 0 bridgehead atoms. The fraction of sp³-hybridized carbons (Fsp3) is 0.700. The first-order chi connectivity index (χ1) is 7.18. The van der Waals surface area contributed by atoms with Crippen molar-refractivity contribution in [2.24, 2.45) is 0 Å². The smallest absolute Gasteiger partial charge is 0.0948 e.